The van der Waals surface area contributed by atoms with Gasteiger partial charge in [0.1, 0.15) is 18.0 Å². The van der Waals surface area contributed by atoms with E-state index in [-0.39, 0.29) is 12.6 Å². The van der Waals surface area contributed by atoms with Gasteiger partial charge in [0.15, 0.2) is 0 Å². The molecule has 6 nitrogen and oxygen atoms in total. The molecule has 2 N–H and O–H groups in total. The fourth-order valence-corrected chi connectivity index (χ4v) is 3.67. The van der Waals surface area contributed by atoms with Crippen molar-refractivity contribution in [2.75, 3.05) is 23.4 Å². The predicted molar refractivity (Wildman–Crippen MR) is 88.4 cm³/mol. The van der Waals surface area contributed by atoms with Crippen LogP contribution in [0.15, 0.2) is 12.4 Å². The number of hydrogen-bond acceptors (Lipinski definition) is 7. The number of aryl methyl sites for hydroxylation is 2. The van der Waals surface area contributed by atoms with E-state index in [0.29, 0.717) is 6.54 Å². The molecular formula is C15H21N5OS. The Morgan fingerprint density at radius 3 is 3.00 bits per heavy atom. The molecule has 3 heterocycles. The van der Waals surface area contributed by atoms with E-state index in [1.807, 2.05) is 13.0 Å². The SMILES string of the molecule is Cc1nc(CNc2cc(N3CCCC3CO)ncn2)c(C)s1. The first-order valence-electron chi connectivity index (χ1n) is 7.53. The van der Waals surface area contributed by atoms with E-state index < -0.39 is 0 Å². The van der Waals surface area contributed by atoms with Crippen LogP contribution < -0.4 is 10.2 Å². The van der Waals surface area contributed by atoms with Crippen molar-refractivity contribution in [2.24, 2.45) is 0 Å². The van der Waals surface area contributed by atoms with Crippen LogP contribution >= 0.6 is 11.3 Å². The zero-order valence-corrected chi connectivity index (χ0v) is 13.7. The van der Waals surface area contributed by atoms with Crippen molar-refractivity contribution in [3.05, 3.63) is 28.0 Å². The summed E-state index contributed by atoms with van der Waals surface area (Å²) in [5.41, 5.74) is 1.07. The third kappa shape index (κ3) is 3.20. The van der Waals surface area contributed by atoms with Crippen LogP contribution in [0.25, 0.3) is 0 Å². The zero-order chi connectivity index (χ0) is 15.5. The molecule has 118 valence electrons. The number of aliphatic hydroxyl groups is 1. The number of anilines is 2. The molecule has 1 saturated heterocycles. The molecule has 2 aromatic heterocycles. The van der Waals surface area contributed by atoms with E-state index in [0.717, 1.165) is 41.7 Å². The van der Waals surface area contributed by atoms with E-state index in [1.165, 1.54) is 4.88 Å². The summed E-state index contributed by atoms with van der Waals surface area (Å²) in [4.78, 5) is 16.5. The summed E-state index contributed by atoms with van der Waals surface area (Å²) in [5.74, 6) is 1.67. The van der Waals surface area contributed by atoms with Crippen molar-refractivity contribution in [3.63, 3.8) is 0 Å². The summed E-state index contributed by atoms with van der Waals surface area (Å²) >= 11 is 1.71. The van der Waals surface area contributed by atoms with Crippen LogP contribution in [0.1, 0.15) is 28.4 Å². The Morgan fingerprint density at radius 1 is 1.41 bits per heavy atom. The summed E-state index contributed by atoms with van der Waals surface area (Å²) in [6, 6.07) is 2.12. The second-order valence-electron chi connectivity index (χ2n) is 5.52. The van der Waals surface area contributed by atoms with Crippen molar-refractivity contribution in [1.82, 2.24) is 15.0 Å². The van der Waals surface area contributed by atoms with Gasteiger partial charge >= 0.3 is 0 Å². The molecule has 1 aliphatic rings. The number of hydrogen-bond donors (Lipinski definition) is 2. The lowest BCUT2D eigenvalue weighted by atomic mass is 10.2. The van der Waals surface area contributed by atoms with Gasteiger partial charge < -0.3 is 15.3 Å². The topological polar surface area (TPSA) is 74.2 Å². The molecule has 7 heteroatoms. The molecule has 0 radical (unpaired) electrons. The van der Waals surface area contributed by atoms with Gasteiger partial charge in [0.25, 0.3) is 0 Å². The Morgan fingerprint density at radius 2 is 2.27 bits per heavy atom. The maximum Gasteiger partial charge on any atom is 0.134 e. The highest BCUT2D eigenvalue weighted by atomic mass is 32.1. The van der Waals surface area contributed by atoms with Crippen molar-refractivity contribution < 1.29 is 5.11 Å². The molecule has 22 heavy (non-hydrogen) atoms. The second kappa shape index (κ2) is 6.58. The van der Waals surface area contributed by atoms with Crippen molar-refractivity contribution in [1.29, 1.82) is 0 Å². The second-order valence-corrected chi connectivity index (χ2v) is 6.93. The van der Waals surface area contributed by atoms with Gasteiger partial charge in [-0.15, -0.1) is 11.3 Å². The first-order chi connectivity index (χ1) is 10.7. The van der Waals surface area contributed by atoms with Gasteiger partial charge in [-0.3, -0.25) is 0 Å². The van der Waals surface area contributed by atoms with Crippen LogP contribution in [0.5, 0.6) is 0 Å². The lowest BCUT2D eigenvalue weighted by Gasteiger charge is -2.24. The van der Waals surface area contributed by atoms with Crippen LogP contribution in [0.4, 0.5) is 11.6 Å². The van der Waals surface area contributed by atoms with E-state index in [1.54, 1.807) is 17.7 Å². The maximum atomic E-state index is 9.44. The highest BCUT2D eigenvalue weighted by Gasteiger charge is 2.25. The average Bonchev–Trinajstić information content (AvgIpc) is 3.11. The van der Waals surface area contributed by atoms with Gasteiger partial charge in [0, 0.05) is 17.5 Å². The normalized spacial score (nSPS) is 18.0. The maximum absolute atomic E-state index is 9.44. The molecule has 1 aliphatic heterocycles. The summed E-state index contributed by atoms with van der Waals surface area (Å²) in [6.07, 6.45) is 3.68. The number of aliphatic hydroxyl groups excluding tert-OH is 1. The van der Waals surface area contributed by atoms with Gasteiger partial charge in [-0.05, 0) is 26.7 Å². The molecule has 0 spiro atoms. The summed E-state index contributed by atoms with van der Waals surface area (Å²) in [6.45, 7) is 5.88. The third-order valence-electron chi connectivity index (χ3n) is 3.97. The molecule has 1 fully saturated rings. The van der Waals surface area contributed by atoms with Crippen LogP contribution in [0, 0.1) is 13.8 Å². The lowest BCUT2D eigenvalue weighted by Crippen LogP contribution is -2.32. The van der Waals surface area contributed by atoms with Gasteiger partial charge in [0.05, 0.1) is 29.9 Å². The van der Waals surface area contributed by atoms with E-state index in [4.69, 9.17) is 0 Å². The highest BCUT2D eigenvalue weighted by molar-refractivity contribution is 7.11. The Hall–Kier alpha value is -1.73. The standard InChI is InChI=1S/C15H21N5OS/c1-10-13(19-11(2)22-10)7-16-14-6-15(18-9-17-14)20-5-3-4-12(20)8-21/h6,9,12,21H,3-5,7-8H2,1-2H3,(H,16,17,18). The molecule has 0 aromatic carbocycles. The Kier molecular flexibility index (Phi) is 4.54. The molecular weight excluding hydrogens is 298 g/mol. The van der Waals surface area contributed by atoms with Crippen molar-refractivity contribution in [2.45, 2.75) is 39.3 Å². The quantitative estimate of drug-likeness (QED) is 0.879. The number of aromatic nitrogens is 3. The van der Waals surface area contributed by atoms with Gasteiger partial charge in [-0.2, -0.15) is 0 Å². The Bertz CT molecular complexity index is 645. The fraction of sp³-hybridized carbons (Fsp3) is 0.533. The Balaban J connectivity index is 1.70. The molecule has 0 aliphatic carbocycles. The molecule has 2 aromatic rings. The van der Waals surface area contributed by atoms with E-state index in [9.17, 15) is 5.11 Å². The van der Waals surface area contributed by atoms with Gasteiger partial charge in [0.2, 0.25) is 0 Å². The number of nitrogens with zero attached hydrogens (tertiary/aromatic N) is 4. The van der Waals surface area contributed by atoms with Crippen LogP contribution in [-0.2, 0) is 6.54 Å². The largest absolute Gasteiger partial charge is 0.394 e. The van der Waals surface area contributed by atoms with E-state index in [2.05, 4.69) is 32.1 Å². The minimum Gasteiger partial charge on any atom is -0.394 e. The van der Waals surface area contributed by atoms with Gasteiger partial charge in [-0.25, -0.2) is 15.0 Å². The molecule has 1 unspecified atom stereocenters. The predicted octanol–water partition coefficient (Wildman–Crippen LogP) is 2.12. The minimum atomic E-state index is 0.171. The van der Waals surface area contributed by atoms with Crippen LogP contribution in [0.3, 0.4) is 0 Å². The van der Waals surface area contributed by atoms with Crippen LogP contribution in [0.2, 0.25) is 0 Å². The number of nitrogens with one attached hydrogen (secondary N) is 1. The molecule has 0 saturated carbocycles. The number of thiazole rings is 1. The third-order valence-corrected chi connectivity index (χ3v) is 4.90. The molecule has 1 atom stereocenters. The monoisotopic (exact) mass is 319 g/mol. The summed E-state index contributed by atoms with van der Waals surface area (Å²) in [5, 5.41) is 13.8. The molecule has 0 bridgehead atoms. The molecule has 3 rings (SSSR count). The lowest BCUT2D eigenvalue weighted by molar-refractivity contribution is 0.266. The first kappa shape index (κ1) is 15.2. The molecule has 0 amide bonds. The van der Waals surface area contributed by atoms with Gasteiger partial charge in [-0.1, -0.05) is 0 Å². The minimum absolute atomic E-state index is 0.171. The summed E-state index contributed by atoms with van der Waals surface area (Å²) in [7, 11) is 0. The van der Waals surface area contributed by atoms with E-state index >= 15 is 0 Å². The van der Waals surface area contributed by atoms with Crippen LogP contribution in [-0.4, -0.2) is 39.3 Å². The smallest absolute Gasteiger partial charge is 0.134 e. The highest BCUT2D eigenvalue weighted by Crippen LogP contribution is 2.25. The average molecular weight is 319 g/mol. The fourth-order valence-electron chi connectivity index (χ4n) is 2.84. The zero-order valence-electron chi connectivity index (χ0n) is 12.9. The van der Waals surface area contributed by atoms with Crippen molar-refractivity contribution >= 4 is 23.0 Å². The Labute approximate surface area is 134 Å². The summed E-state index contributed by atoms with van der Waals surface area (Å²) < 4.78 is 0. The number of rotatable bonds is 5. The van der Waals surface area contributed by atoms with Crippen molar-refractivity contribution in [3.8, 4) is 0 Å². The first-order valence-corrected chi connectivity index (χ1v) is 8.35.